The van der Waals surface area contributed by atoms with Crippen LogP contribution in [0.25, 0.3) is 0 Å². The molecule has 352 valence electrons. The van der Waals surface area contributed by atoms with Gasteiger partial charge in [-0.3, -0.25) is 9.59 Å². The summed E-state index contributed by atoms with van der Waals surface area (Å²) in [6, 6.07) is 33.8. The number of halogens is 4. The van der Waals surface area contributed by atoms with Crippen molar-refractivity contribution in [2.24, 2.45) is 0 Å². The molecule has 14 heteroatoms. The van der Waals surface area contributed by atoms with Crippen LogP contribution in [0, 0.1) is 41.5 Å². The zero-order chi connectivity index (χ0) is 48.3. The second kappa shape index (κ2) is 25.9. The molecule has 0 saturated carbocycles. The molecule has 1 aromatic heterocycles. The summed E-state index contributed by atoms with van der Waals surface area (Å²) >= 11 is 0. The Bertz CT molecular complexity index is 2560. The highest BCUT2D eigenvalue weighted by Gasteiger charge is 2.26. The highest BCUT2D eigenvalue weighted by Crippen LogP contribution is 2.26. The van der Waals surface area contributed by atoms with E-state index in [9.17, 15) is 42.6 Å². The van der Waals surface area contributed by atoms with Crippen LogP contribution in [0.4, 0.5) is 23.2 Å². The summed E-state index contributed by atoms with van der Waals surface area (Å²) in [7, 11) is 0. The topological polar surface area (TPSA) is 151 Å². The molecule has 0 spiro atoms. The van der Waals surface area contributed by atoms with Gasteiger partial charge in [0, 0.05) is 49.7 Å². The normalized spacial score (nSPS) is 12.8. The van der Waals surface area contributed by atoms with E-state index in [1.807, 2.05) is 54.0 Å². The van der Waals surface area contributed by atoms with E-state index in [-0.39, 0.29) is 31.4 Å². The van der Waals surface area contributed by atoms with Gasteiger partial charge in [0.15, 0.2) is 0 Å². The van der Waals surface area contributed by atoms with Crippen LogP contribution in [0.5, 0.6) is 0 Å². The van der Waals surface area contributed by atoms with Gasteiger partial charge in [-0.2, -0.15) is 5.26 Å². The first kappa shape index (κ1) is 51.4. The number of carbonyl (C=O) groups excluding carboxylic acids is 2. The van der Waals surface area contributed by atoms with Crippen molar-refractivity contribution in [2.45, 2.75) is 90.3 Å². The Morgan fingerprint density at radius 1 is 0.672 bits per heavy atom. The lowest BCUT2D eigenvalue weighted by atomic mass is 9.99. The number of nitriles is 1. The molecule has 10 nitrogen and oxygen atoms in total. The predicted octanol–water partition coefficient (Wildman–Crippen LogP) is 8.23. The summed E-state index contributed by atoms with van der Waals surface area (Å²) in [5, 5.41) is 43.0. The summed E-state index contributed by atoms with van der Waals surface area (Å²) in [6.07, 6.45) is 0.850. The highest BCUT2D eigenvalue weighted by molar-refractivity contribution is 6.01. The second-order valence-electron chi connectivity index (χ2n) is 16.3. The minimum atomic E-state index is -1.06. The number of aliphatic hydroxyl groups excluding tert-OH is 2. The van der Waals surface area contributed by atoms with E-state index in [2.05, 4.69) is 59.4 Å². The van der Waals surface area contributed by atoms with Crippen molar-refractivity contribution in [1.29, 1.82) is 5.26 Å². The van der Waals surface area contributed by atoms with Crippen LogP contribution in [-0.4, -0.2) is 58.4 Å². The summed E-state index contributed by atoms with van der Waals surface area (Å²) in [4.78, 5) is 23.9. The monoisotopic (exact) mass is 918 g/mol. The first-order valence-electron chi connectivity index (χ1n) is 22.3. The van der Waals surface area contributed by atoms with Gasteiger partial charge in [-0.05, 0) is 115 Å². The first-order valence-corrected chi connectivity index (χ1v) is 22.3. The van der Waals surface area contributed by atoms with Crippen LogP contribution >= 0.6 is 0 Å². The van der Waals surface area contributed by atoms with Crippen molar-refractivity contribution >= 4 is 18.0 Å². The Kier molecular flexibility index (Phi) is 19.9. The number of nitrogens with zero attached hydrogens (tertiary/aromatic N) is 2. The fraction of sp³-hybridized carbons (Fsp3) is 0.302. The van der Waals surface area contributed by atoms with Crippen molar-refractivity contribution in [3.05, 3.63) is 195 Å². The molecule has 6 N–H and O–H groups in total. The maximum atomic E-state index is 13.8. The van der Waals surface area contributed by atoms with E-state index in [0.717, 1.165) is 47.5 Å². The average molecular weight is 919 g/mol. The molecule has 0 bridgehead atoms. The molecule has 67 heavy (non-hydrogen) atoms. The predicted molar refractivity (Wildman–Crippen MR) is 252 cm³/mol. The largest absolute Gasteiger partial charge is 0.390 e. The standard InChI is InChI=1S/C27H29F2N3O3.C26H29F2N3O/c1-2-18-6-5-7-19(10-18)15-30-16-26(34)25(13-20-11-21(28)14-22(29)12-20)32-27(35)23-8-3-4-9-24(23)31-17-33;1-3-19-5-4-6-20(11-19)16-30-17-26(32)25(14-21-12-22(27)15-23(28)13-21)31-18(2)7-8-24(31)9-10-29/h3-12,14,17,25-26,30,34H,2,13,15-16H2,1H3,(H,31,33)(H,32,35);4-8,11-13,15,25-26,30,32H,3,9,14,16-17H2,1-2H3. The molecule has 4 atom stereocenters. The van der Waals surface area contributed by atoms with E-state index in [1.165, 1.54) is 41.5 Å². The summed E-state index contributed by atoms with van der Waals surface area (Å²) < 4.78 is 57.0. The number of anilines is 1. The number of nitrogens with one attached hydrogen (secondary N) is 4. The molecule has 0 aliphatic heterocycles. The van der Waals surface area contributed by atoms with Crippen LogP contribution in [0.15, 0.2) is 121 Å². The molecule has 4 unspecified atom stereocenters. The maximum absolute atomic E-state index is 13.8. The van der Waals surface area contributed by atoms with Crippen LogP contribution in [-0.2, 0) is 50.0 Å². The third-order valence-corrected chi connectivity index (χ3v) is 11.3. The van der Waals surface area contributed by atoms with Gasteiger partial charge in [0.1, 0.15) is 23.3 Å². The SMILES string of the molecule is CCc1cccc(CNCC(O)C(Cc2cc(F)cc(F)c2)NC(=O)c2ccccc2NC=O)c1.CCc1cccc(CNCC(O)C(Cc2cc(F)cc(F)c2)n2c(C)ccc2CC#N)c1. The Hall–Kier alpha value is -6.63. The molecule has 2 amide bonds. The van der Waals surface area contributed by atoms with Gasteiger partial charge < -0.3 is 36.0 Å². The van der Waals surface area contributed by atoms with Gasteiger partial charge >= 0.3 is 0 Å². The average Bonchev–Trinajstić information content (AvgIpc) is 3.66. The molecule has 0 radical (unpaired) electrons. The van der Waals surface area contributed by atoms with Gasteiger partial charge in [0.25, 0.3) is 5.91 Å². The van der Waals surface area contributed by atoms with Crippen molar-refractivity contribution in [3.63, 3.8) is 0 Å². The van der Waals surface area contributed by atoms with Crippen LogP contribution in [0.3, 0.4) is 0 Å². The number of carbonyl (C=O) groups is 2. The maximum Gasteiger partial charge on any atom is 0.253 e. The lowest BCUT2D eigenvalue weighted by Gasteiger charge is -2.28. The second-order valence-corrected chi connectivity index (χ2v) is 16.3. The molecule has 0 aliphatic carbocycles. The van der Waals surface area contributed by atoms with E-state index >= 15 is 0 Å². The van der Waals surface area contributed by atoms with E-state index in [0.29, 0.717) is 42.9 Å². The number of aryl methyl sites for hydroxylation is 3. The number of hydrogen-bond donors (Lipinski definition) is 6. The fourth-order valence-corrected chi connectivity index (χ4v) is 7.98. The number of rotatable bonds is 22. The summed E-state index contributed by atoms with van der Waals surface area (Å²) in [5.41, 5.74) is 7.53. The molecule has 6 rings (SSSR count). The summed E-state index contributed by atoms with van der Waals surface area (Å²) in [5.74, 6) is -3.32. The fourth-order valence-electron chi connectivity index (χ4n) is 7.98. The number of para-hydroxylation sites is 1. The van der Waals surface area contributed by atoms with Crippen molar-refractivity contribution in [1.82, 2.24) is 20.5 Å². The molecule has 1 heterocycles. The minimum absolute atomic E-state index is 0.00212. The lowest BCUT2D eigenvalue weighted by molar-refractivity contribution is -0.105. The summed E-state index contributed by atoms with van der Waals surface area (Å²) in [6.45, 7) is 7.61. The smallest absolute Gasteiger partial charge is 0.253 e. The van der Waals surface area contributed by atoms with Crippen molar-refractivity contribution in [3.8, 4) is 6.07 Å². The quantitative estimate of drug-likeness (QED) is 0.0297. The van der Waals surface area contributed by atoms with Gasteiger partial charge in [-0.25, -0.2) is 17.6 Å². The Morgan fingerprint density at radius 3 is 1.73 bits per heavy atom. The van der Waals surface area contributed by atoms with Crippen LogP contribution < -0.4 is 21.3 Å². The van der Waals surface area contributed by atoms with Gasteiger partial charge in [-0.15, -0.1) is 0 Å². The van der Waals surface area contributed by atoms with E-state index < -0.39 is 53.5 Å². The molecular weight excluding hydrogens is 861 g/mol. The van der Waals surface area contributed by atoms with E-state index in [1.54, 1.807) is 18.2 Å². The third-order valence-electron chi connectivity index (χ3n) is 11.3. The third kappa shape index (κ3) is 15.8. The first-order chi connectivity index (χ1) is 32.3. The number of aromatic nitrogens is 1. The lowest BCUT2D eigenvalue weighted by Crippen LogP contribution is -2.48. The van der Waals surface area contributed by atoms with Crippen molar-refractivity contribution < 1.29 is 37.4 Å². The molecule has 6 aromatic rings. The van der Waals surface area contributed by atoms with Gasteiger partial charge in [0.2, 0.25) is 6.41 Å². The Morgan fingerprint density at radius 2 is 1.19 bits per heavy atom. The zero-order valence-corrected chi connectivity index (χ0v) is 37.9. The number of amides is 2. The molecule has 0 saturated heterocycles. The van der Waals surface area contributed by atoms with Crippen molar-refractivity contribution in [2.75, 3.05) is 18.4 Å². The van der Waals surface area contributed by atoms with Crippen LogP contribution in [0.1, 0.15) is 75.0 Å². The highest BCUT2D eigenvalue weighted by atomic mass is 19.1. The Labute approximate surface area is 389 Å². The number of hydrogen-bond acceptors (Lipinski definition) is 7. The zero-order valence-electron chi connectivity index (χ0n) is 37.9. The molecular formula is C53H58F4N6O4. The van der Waals surface area contributed by atoms with E-state index in [4.69, 9.17) is 0 Å². The van der Waals surface area contributed by atoms with Gasteiger partial charge in [0.05, 0.1) is 48.0 Å². The van der Waals surface area contributed by atoms with Crippen LogP contribution in [0.2, 0.25) is 0 Å². The molecule has 0 aliphatic rings. The molecule has 0 fully saturated rings. The minimum Gasteiger partial charge on any atom is -0.390 e. The number of aliphatic hydroxyl groups is 2. The number of benzene rings is 5. The Balaban J connectivity index is 0.000000252. The van der Waals surface area contributed by atoms with Gasteiger partial charge in [-0.1, -0.05) is 74.5 Å². The molecule has 5 aromatic carbocycles.